The summed E-state index contributed by atoms with van der Waals surface area (Å²) in [6.45, 7) is 4.61. The van der Waals surface area contributed by atoms with Crippen molar-refractivity contribution in [2.45, 2.75) is 57.1 Å². The Labute approximate surface area is 116 Å². The fraction of sp³-hybridized carbons (Fsp3) is 1.00. The van der Waals surface area contributed by atoms with E-state index in [2.05, 4.69) is 24.0 Å². The number of hydrogen-bond donors (Lipinski definition) is 1. The van der Waals surface area contributed by atoms with Gasteiger partial charge in [0.25, 0.3) is 0 Å². The molecule has 2 unspecified atom stereocenters. The molecular weight excluding hydrogens is 242 g/mol. The molecule has 1 aliphatic carbocycles. The van der Waals surface area contributed by atoms with E-state index in [0.717, 1.165) is 18.4 Å². The highest BCUT2D eigenvalue weighted by Gasteiger charge is 2.39. The molecule has 0 aromatic rings. The van der Waals surface area contributed by atoms with E-state index in [-0.39, 0.29) is 5.60 Å². The van der Waals surface area contributed by atoms with Gasteiger partial charge in [0.2, 0.25) is 0 Å². The third-order valence-electron chi connectivity index (χ3n) is 5.05. The van der Waals surface area contributed by atoms with Crippen LogP contribution in [0.25, 0.3) is 0 Å². The van der Waals surface area contributed by atoms with E-state index in [4.69, 9.17) is 4.74 Å². The summed E-state index contributed by atoms with van der Waals surface area (Å²) in [5, 5.41) is 3.83. The van der Waals surface area contributed by atoms with Crippen LogP contribution >= 0.6 is 11.8 Å². The van der Waals surface area contributed by atoms with Crippen LogP contribution < -0.4 is 5.32 Å². The SMILES string of the molecule is CC(CNC1CCOC2(CCSCC2)C1)C1CC1. The number of hydrogen-bond acceptors (Lipinski definition) is 3. The van der Waals surface area contributed by atoms with Crippen LogP contribution in [-0.2, 0) is 4.74 Å². The molecule has 2 heterocycles. The Balaban J connectivity index is 1.47. The van der Waals surface area contributed by atoms with Gasteiger partial charge in [-0.3, -0.25) is 0 Å². The van der Waals surface area contributed by atoms with E-state index < -0.39 is 0 Å². The molecular formula is C15H27NOS. The first kappa shape index (κ1) is 13.3. The Morgan fingerprint density at radius 3 is 2.78 bits per heavy atom. The molecule has 0 radical (unpaired) electrons. The van der Waals surface area contributed by atoms with E-state index in [1.54, 1.807) is 0 Å². The Hall–Kier alpha value is 0.270. The van der Waals surface area contributed by atoms with Crippen molar-refractivity contribution >= 4 is 11.8 Å². The van der Waals surface area contributed by atoms with Crippen LogP contribution in [0.2, 0.25) is 0 Å². The zero-order valence-corrected chi connectivity index (χ0v) is 12.4. The summed E-state index contributed by atoms with van der Waals surface area (Å²) in [6.07, 6.45) is 7.95. The highest BCUT2D eigenvalue weighted by atomic mass is 32.2. The fourth-order valence-corrected chi connectivity index (χ4v) is 4.72. The fourth-order valence-electron chi connectivity index (χ4n) is 3.48. The minimum Gasteiger partial charge on any atom is -0.375 e. The third kappa shape index (κ3) is 3.23. The van der Waals surface area contributed by atoms with Gasteiger partial charge in [-0.05, 0) is 68.4 Å². The highest BCUT2D eigenvalue weighted by molar-refractivity contribution is 7.99. The van der Waals surface area contributed by atoms with Crippen molar-refractivity contribution in [1.82, 2.24) is 5.32 Å². The minimum absolute atomic E-state index is 0.240. The second-order valence-corrected chi connectivity index (χ2v) is 7.78. The van der Waals surface area contributed by atoms with Gasteiger partial charge in [0.1, 0.15) is 0 Å². The van der Waals surface area contributed by atoms with Gasteiger partial charge in [-0.25, -0.2) is 0 Å². The van der Waals surface area contributed by atoms with Crippen molar-refractivity contribution in [2.24, 2.45) is 11.8 Å². The van der Waals surface area contributed by atoms with E-state index in [1.807, 2.05) is 0 Å². The maximum Gasteiger partial charge on any atom is 0.0713 e. The second kappa shape index (κ2) is 5.72. The van der Waals surface area contributed by atoms with Crippen LogP contribution in [0.3, 0.4) is 0 Å². The molecule has 3 fully saturated rings. The third-order valence-corrected chi connectivity index (χ3v) is 6.04. The first-order valence-electron chi connectivity index (χ1n) is 7.72. The van der Waals surface area contributed by atoms with Gasteiger partial charge in [0.15, 0.2) is 0 Å². The van der Waals surface area contributed by atoms with Crippen molar-refractivity contribution in [3.05, 3.63) is 0 Å². The number of nitrogens with one attached hydrogen (secondary N) is 1. The van der Waals surface area contributed by atoms with Gasteiger partial charge in [0, 0.05) is 12.6 Å². The molecule has 2 saturated heterocycles. The molecule has 2 aliphatic heterocycles. The number of ether oxygens (including phenoxy) is 1. The molecule has 0 amide bonds. The average molecular weight is 269 g/mol. The first-order valence-corrected chi connectivity index (χ1v) is 8.88. The standard InChI is InChI=1S/C15H27NOS/c1-12(13-2-3-13)11-16-14-4-7-17-15(10-14)5-8-18-9-6-15/h12-14,16H,2-11H2,1H3. The summed E-state index contributed by atoms with van der Waals surface area (Å²) in [7, 11) is 0. The van der Waals surface area contributed by atoms with Gasteiger partial charge in [-0.2, -0.15) is 11.8 Å². The van der Waals surface area contributed by atoms with E-state index in [0.29, 0.717) is 6.04 Å². The largest absolute Gasteiger partial charge is 0.375 e. The lowest BCUT2D eigenvalue weighted by Crippen LogP contribution is -2.49. The van der Waals surface area contributed by atoms with Crippen molar-refractivity contribution in [3.8, 4) is 0 Å². The molecule has 2 atom stereocenters. The van der Waals surface area contributed by atoms with E-state index >= 15 is 0 Å². The van der Waals surface area contributed by atoms with Gasteiger partial charge < -0.3 is 10.1 Å². The minimum atomic E-state index is 0.240. The number of rotatable bonds is 4. The van der Waals surface area contributed by atoms with Gasteiger partial charge in [-0.1, -0.05) is 6.92 Å². The molecule has 3 aliphatic rings. The van der Waals surface area contributed by atoms with Crippen LogP contribution in [0, 0.1) is 11.8 Å². The topological polar surface area (TPSA) is 21.3 Å². The molecule has 1 N–H and O–H groups in total. The summed E-state index contributed by atoms with van der Waals surface area (Å²) in [5.41, 5.74) is 0.240. The molecule has 1 spiro atoms. The average Bonchev–Trinajstić information content (AvgIpc) is 3.21. The van der Waals surface area contributed by atoms with E-state index in [9.17, 15) is 0 Å². The van der Waals surface area contributed by atoms with Crippen LogP contribution in [0.15, 0.2) is 0 Å². The van der Waals surface area contributed by atoms with Crippen LogP contribution in [-0.4, -0.2) is 36.3 Å². The van der Waals surface area contributed by atoms with Gasteiger partial charge in [-0.15, -0.1) is 0 Å². The zero-order valence-electron chi connectivity index (χ0n) is 11.6. The molecule has 3 rings (SSSR count). The Morgan fingerprint density at radius 2 is 2.06 bits per heavy atom. The molecule has 104 valence electrons. The lowest BCUT2D eigenvalue weighted by molar-refractivity contribution is -0.0934. The Kier molecular flexibility index (Phi) is 4.21. The summed E-state index contributed by atoms with van der Waals surface area (Å²) in [4.78, 5) is 0. The number of thioether (sulfide) groups is 1. The first-order chi connectivity index (χ1) is 8.77. The van der Waals surface area contributed by atoms with Crippen LogP contribution in [0.1, 0.15) is 45.4 Å². The Morgan fingerprint density at radius 1 is 1.28 bits per heavy atom. The summed E-state index contributed by atoms with van der Waals surface area (Å²) in [5.74, 6) is 4.50. The molecule has 0 aromatic carbocycles. The lowest BCUT2D eigenvalue weighted by atomic mass is 9.85. The molecule has 1 saturated carbocycles. The maximum absolute atomic E-state index is 6.15. The summed E-state index contributed by atoms with van der Waals surface area (Å²) < 4.78 is 6.15. The summed E-state index contributed by atoms with van der Waals surface area (Å²) >= 11 is 2.09. The van der Waals surface area contributed by atoms with Gasteiger partial charge >= 0.3 is 0 Å². The van der Waals surface area contributed by atoms with Crippen LogP contribution in [0.4, 0.5) is 0 Å². The lowest BCUT2D eigenvalue weighted by Gasteiger charge is -2.43. The highest BCUT2D eigenvalue weighted by Crippen LogP contribution is 2.38. The smallest absolute Gasteiger partial charge is 0.0713 e. The van der Waals surface area contributed by atoms with Gasteiger partial charge in [0.05, 0.1) is 5.60 Å². The second-order valence-electron chi connectivity index (χ2n) is 6.56. The Bertz CT molecular complexity index is 268. The van der Waals surface area contributed by atoms with Crippen molar-refractivity contribution < 1.29 is 4.74 Å². The van der Waals surface area contributed by atoms with Crippen molar-refractivity contribution in [2.75, 3.05) is 24.7 Å². The maximum atomic E-state index is 6.15. The van der Waals surface area contributed by atoms with Crippen molar-refractivity contribution in [1.29, 1.82) is 0 Å². The normalized spacial score (nSPS) is 33.5. The molecule has 2 nitrogen and oxygen atoms in total. The zero-order chi connectivity index (χ0) is 12.4. The summed E-state index contributed by atoms with van der Waals surface area (Å²) in [6, 6.07) is 0.711. The quantitative estimate of drug-likeness (QED) is 0.847. The van der Waals surface area contributed by atoms with E-state index in [1.165, 1.54) is 56.6 Å². The molecule has 0 bridgehead atoms. The molecule has 0 aromatic heterocycles. The predicted molar refractivity (Wildman–Crippen MR) is 78.2 cm³/mol. The molecule has 18 heavy (non-hydrogen) atoms. The monoisotopic (exact) mass is 269 g/mol. The van der Waals surface area contributed by atoms with Crippen LogP contribution in [0.5, 0.6) is 0 Å². The predicted octanol–water partition coefficient (Wildman–Crippen LogP) is 3.07. The van der Waals surface area contributed by atoms with Crippen molar-refractivity contribution in [3.63, 3.8) is 0 Å². The molecule has 3 heteroatoms.